The van der Waals surface area contributed by atoms with Crippen LogP contribution < -0.4 is 10.2 Å². The second kappa shape index (κ2) is 17.8. The van der Waals surface area contributed by atoms with Crippen LogP contribution in [0.2, 0.25) is 0 Å². The van der Waals surface area contributed by atoms with Gasteiger partial charge < -0.3 is 19.8 Å². The molecule has 0 saturated heterocycles. The second-order valence-corrected chi connectivity index (χ2v) is 4.94. The topological polar surface area (TPSA) is 124 Å². The van der Waals surface area contributed by atoms with E-state index < -0.39 is 24.8 Å². The number of rotatable bonds is 8. The second-order valence-electron chi connectivity index (χ2n) is 4.61. The number of hydrogen-bond acceptors (Lipinski definition) is 7. The Bertz CT molecular complexity index is 312. The Balaban J connectivity index is -0.000000249. The van der Waals surface area contributed by atoms with Crippen LogP contribution in [0.5, 0.6) is 0 Å². The van der Waals surface area contributed by atoms with Gasteiger partial charge in [-0.1, -0.05) is 13.8 Å². The molecule has 0 N–H and O–H groups in total. The molecule has 0 aromatic carbocycles. The predicted molar refractivity (Wildman–Crippen MR) is 76.4 cm³/mol. The predicted octanol–water partition coefficient (Wildman–Crippen LogP) is -1.05. The van der Waals surface area contributed by atoms with Gasteiger partial charge in [0.05, 0.1) is 0 Å². The van der Waals surface area contributed by atoms with E-state index >= 15 is 0 Å². The normalized spacial score (nSPS) is 9.05. The maximum Gasteiger partial charge on any atom is 0.138 e. The van der Waals surface area contributed by atoms with Crippen LogP contribution in [0.1, 0.15) is 53.4 Å². The number of carbonyl (C=O) groups excluding carboxylic acids is 4. The maximum atomic E-state index is 10.2. The zero-order valence-corrected chi connectivity index (χ0v) is 14.7. The first-order chi connectivity index (χ1) is 10.1. The third-order valence-corrected chi connectivity index (χ3v) is 2.09. The Hall–Kier alpha value is -1.23. The Morgan fingerprint density at radius 2 is 1.23 bits per heavy atom. The van der Waals surface area contributed by atoms with Crippen LogP contribution in [0.4, 0.5) is 0 Å². The molecule has 0 unspecified atom stereocenters. The average Bonchev–Trinajstić information content (AvgIpc) is 2.38. The van der Waals surface area contributed by atoms with Crippen LogP contribution in [0.3, 0.4) is 0 Å². The summed E-state index contributed by atoms with van der Waals surface area (Å²) in [5.41, 5.74) is 0. The molecule has 0 aliphatic rings. The molecule has 7 nitrogen and oxygen atoms in total. The first kappa shape index (κ1) is 25.7. The smallest absolute Gasteiger partial charge is 0.138 e. The van der Waals surface area contributed by atoms with Gasteiger partial charge in [0.2, 0.25) is 0 Å². The van der Waals surface area contributed by atoms with Crippen LogP contribution >= 0.6 is 0 Å². The first-order valence-corrected chi connectivity index (χ1v) is 7.32. The minimum Gasteiger partial charge on any atom is -0.550 e. The number of carboxylic acid groups (broad SMARTS) is 2. The van der Waals surface area contributed by atoms with E-state index in [0.29, 0.717) is 5.92 Å². The zero-order valence-electron chi connectivity index (χ0n) is 13.5. The largest absolute Gasteiger partial charge is 0.550 e. The van der Waals surface area contributed by atoms with E-state index in [2.05, 4.69) is 30.5 Å². The SMILES string of the molecule is CC(C)C[O][Al+2].CCC(=O)CC(=O)[O-].CCC(=O)CC(=O)[O-]. The summed E-state index contributed by atoms with van der Waals surface area (Å²) in [5.74, 6) is -2.51. The molecule has 0 aliphatic heterocycles. The Labute approximate surface area is 139 Å². The molecule has 0 aromatic rings. The number of carboxylic acids is 2. The van der Waals surface area contributed by atoms with Gasteiger partial charge >= 0.3 is 46.8 Å². The molecule has 0 fully saturated rings. The van der Waals surface area contributed by atoms with Gasteiger partial charge in [-0.05, 0) is 0 Å². The van der Waals surface area contributed by atoms with Gasteiger partial charge in [-0.3, -0.25) is 9.59 Å². The minimum absolute atomic E-state index is 0.272. The van der Waals surface area contributed by atoms with Crippen LogP contribution in [-0.4, -0.2) is 46.7 Å². The van der Waals surface area contributed by atoms with Gasteiger partial charge in [-0.25, -0.2) is 0 Å². The minimum atomic E-state index is -1.29. The fraction of sp³-hybridized carbons (Fsp3) is 0.714. The molecule has 0 amide bonds. The van der Waals surface area contributed by atoms with Gasteiger partial charge in [-0.2, -0.15) is 0 Å². The van der Waals surface area contributed by atoms with Crippen LogP contribution in [0, 0.1) is 5.92 Å². The first-order valence-electron chi connectivity index (χ1n) is 6.85. The van der Waals surface area contributed by atoms with Crippen LogP contribution in [0.15, 0.2) is 0 Å². The summed E-state index contributed by atoms with van der Waals surface area (Å²) in [6.45, 7) is 8.30. The van der Waals surface area contributed by atoms with E-state index in [1.165, 1.54) is 0 Å². The van der Waals surface area contributed by atoms with Gasteiger partial charge in [0.15, 0.2) is 0 Å². The Morgan fingerprint density at radius 3 is 1.27 bits per heavy atom. The van der Waals surface area contributed by atoms with Crippen molar-refractivity contribution >= 4 is 40.1 Å². The third kappa shape index (κ3) is 31.3. The molecule has 8 heteroatoms. The van der Waals surface area contributed by atoms with Crippen molar-refractivity contribution in [2.24, 2.45) is 5.92 Å². The Morgan fingerprint density at radius 1 is 0.909 bits per heavy atom. The zero-order chi connectivity index (χ0) is 18.1. The van der Waals surface area contributed by atoms with E-state index in [1.807, 2.05) is 0 Å². The van der Waals surface area contributed by atoms with E-state index in [-0.39, 0.29) is 24.4 Å². The van der Waals surface area contributed by atoms with Crippen molar-refractivity contribution in [3.63, 3.8) is 0 Å². The summed E-state index contributed by atoms with van der Waals surface area (Å²) in [6.07, 6.45) is -0.352. The monoisotopic (exact) mass is 330 g/mol. The molecule has 0 rings (SSSR count). The molecule has 22 heavy (non-hydrogen) atoms. The van der Waals surface area contributed by atoms with Crippen LogP contribution in [-0.2, 0) is 23.0 Å². The fourth-order valence-corrected chi connectivity index (χ4v) is 1.15. The summed E-state index contributed by atoms with van der Waals surface area (Å²) >= 11 is 2.22. The molecule has 0 aromatic heterocycles. The van der Waals surface area contributed by atoms with Crippen molar-refractivity contribution in [1.29, 1.82) is 0 Å². The number of Topliss-reactive ketones (excluding diaryl/α,β-unsaturated/α-hetero) is 2. The summed E-state index contributed by atoms with van der Waals surface area (Å²) in [7, 11) is 0. The fourth-order valence-electron chi connectivity index (χ4n) is 0.764. The van der Waals surface area contributed by atoms with Crippen molar-refractivity contribution in [3.8, 4) is 0 Å². The molecule has 0 atom stereocenters. The van der Waals surface area contributed by atoms with Gasteiger partial charge in [-0.15, -0.1) is 0 Å². The molecule has 0 aliphatic carbocycles. The van der Waals surface area contributed by atoms with E-state index in [4.69, 9.17) is 3.79 Å². The van der Waals surface area contributed by atoms with E-state index in [9.17, 15) is 29.4 Å². The number of hydrogen-bond donors (Lipinski definition) is 0. The molecule has 0 radical (unpaired) electrons. The molecular formula is C14H23AlO7. The summed E-state index contributed by atoms with van der Waals surface area (Å²) in [4.78, 5) is 39.7. The molecule has 0 spiro atoms. The van der Waals surface area contributed by atoms with E-state index in [0.717, 1.165) is 6.61 Å². The standard InChI is InChI=1S/2C5H8O3.C4H9O.Al/c2*1-2-4(6)3-5(7)8;1-4(2)3-5;/h2*2-3H2,1H3,(H,7,8);4H,3H2,1-2H3;/q;;-1;+3/p-2. The molecular weight excluding hydrogens is 307 g/mol. The van der Waals surface area contributed by atoms with Crippen molar-refractivity contribution in [2.75, 3.05) is 6.61 Å². The number of aliphatic carboxylic acids is 2. The van der Waals surface area contributed by atoms with Crippen molar-refractivity contribution in [2.45, 2.75) is 53.4 Å². The Kier molecular flexibility index (Phi) is 20.8. The molecule has 124 valence electrons. The van der Waals surface area contributed by atoms with Gasteiger partial charge in [0.1, 0.15) is 11.6 Å². The third-order valence-electron chi connectivity index (χ3n) is 1.90. The summed E-state index contributed by atoms with van der Waals surface area (Å²) in [6, 6.07) is 0. The summed E-state index contributed by atoms with van der Waals surface area (Å²) < 4.78 is 4.72. The molecule has 0 heterocycles. The van der Waals surface area contributed by atoms with E-state index in [1.54, 1.807) is 13.8 Å². The number of carbonyl (C=O) groups is 4. The quantitative estimate of drug-likeness (QED) is 0.411. The average molecular weight is 330 g/mol. The molecule has 0 saturated carbocycles. The van der Waals surface area contributed by atoms with Crippen molar-refractivity contribution in [3.05, 3.63) is 0 Å². The van der Waals surface area contributed by atoms with Gasteiger partial charge in [0, 0.05) is 37.6 Å². The van der Waals surface area contributed by atoms with Gasteiger partial charge in [0.25, 0.3) is 0 Å². The van der Waals surface area contributed by atoms with Crippen molar-refractivity contribution in [1.82, 2.24) is 0 Å². The number of ketones is 2. The maximum absolute atomic E-state index is 10.2. The summed E-state index contributed by atoms with van der Waals surface area (Å²) in [5, 5.41) is 19.3. The van der Waals surface area contributed by atoms with Crippen LogP contribution in [0.25, 0.3) is 0 Å². The van der Waals surface area contributed by atoms with Crippen molar-refractivity contribution < 1.29 is 33.2 Å². The molecule has 0 bridgehead atoms.